The molecule has 1 fully saturated rings. The molecule has 0 bridgehead atoms. The molecule has 3 heteroatoms. The van der Waals surface area contributed by atoms with Crippen molar-refractivity contribution in [2.24, 2.45) is 11.1 Å². The zero-order valence-electron chi connectivity index (χ0n) is 6.46. The van der Waals surface area contributed by atoms with Gasteiger partial charge < -0.3 is 10.5 Å². The van der Waals surface area contributed by atoms with Crippen LogP contribution in [0.2, 0.25) is 0 Å². The van der Waals surface area contributed by atoms with Gasteiger partial charge in [0.1, 0.15) is 0 Å². The van der Waals surface area contributed by atoms with E-state index in [0.29, 0.717) is 12.0 Å². The topological polar surface area (TPSA) is 44.6 Å². The molecule has 0 radical (unpaired) electrons. The number of hydrogen-bond acceptors (Lipinski definition) is 3. The van der Waals surface area contributed by atoms with Crippen molar-refractivity contribution in [2.75, 3.05) is 6.54 Å². The molecule has 1 aliphatic heterocycles. The molecule has 58 valence electrons. The summed E-state index contributed by atoms with van der Waals surface area (Å²) >= 11 is 0. The van der Waals surface area contributed by atoms with Crippen LogP contribution in [0.25, 0.3) is 0 Å². The molecule has 1 heterocycles. The maximum absolute atomic E-state index is 8.54. The van der Waals surface area contributed by atoms with Gasteiger partial charge in [0.15, 0.2) is 0 Å². The molecular weight excluding hydrogens is 128 g/mol. The van der Waals surface area contributed by atoms with Gasteiger partial charge in [-0.2, -0.15) is 0 Å². The SMILES string of the molecule is C[C@@H]1C/C(=N\O)[C@H](C)CN1. The van der Waals surface area contributed by atoms with Gasteiger partial charge in [0.2, 0.25) is 0 Å². The standard InChI is InChI=1S/C7H14N2O/c1-5-4-8-6(2)3-7(5)9-10/h5-6,8,10H,3-4H2,1-2H3/b9-7+/t5-,6-/m1/s1. The minimum atomic E-state index is 0.390. The molecule has 1 saturated heterocycles. The third kappa shape index (κ3) is 1.48. The molecule has 1 aliphatic rings. The fraction of sp³-hybridized carbons (Fsp3) is 0.857. The van der Waals surface area contributed by atoms with Gasteiger partial charge in [0.25, 0.3) is 0 Å². The molecule has 3 nitrogen and oxygen atoms in total. The largest absolute Gasteiger partial charge is 0.411 e. The zero-order valence-corrected chi connectivity index (χ0v) is 6.46. The molecule has 0 aliphatic carbocycles. The van der Waals surface area contributed by atoms with Crippen LogP contribution in [0.4, 0.5) is 0 Å². The van der Waals surface area contributed by atoms with Crippen molar-refractivity contribution in [1.29, 1.82) is 0 Å². The van der Waals surface area contributed by atoms with Gasteiger partial charge in [-0.25, -0.2) is 0 Å². The van der Waals surface area contributed by atoms with Gasteiger partial charge in [-0.1, -0.05) is 12.1 Å². The summed E-state index contributed by atoms with van der Waals surface area (Å²) in [6, 6.07) is 0.460. The van der Waals surface area contributed by atoms with Crippen LogP contribution < -0.4 is 5.32 Å². The summed E-state index contributed by atoms with van der Waals surface area (Å²) in [5, 5.41) is 15.1. The summed E-state index contributed by atoms with van der Waals surface area (Å²) in [7, 11) is 0. The Morgan fingerprint density at radius 2 is 2.30 bits per heavy atom. The molecule has 10 heavy (non-hydrogen) atoms. The molecule has 0 unspecified atom stereocenters. The highest BCUT2D eigenvalue weighted by molar-refractivity contribution is 5.87. The average molecular weight is 142 g/mol. The average Bonchev–Trinajstić information content (AvgIpc) is 1.94. The molecule has 0 aromatic carbocycles. The summed E-state index contributed by atoms with van der Waals surface area (Å²) < 4.78 is 0. The highest BCUT2D eigenvalue weighted by Crippen LogP contribution is 2.10. The van der Waals surface area contributed by atoms with E-state index in [-0.39, 0.29) is 0 Å². The Labute approximate surface area is 61.1 Å². The van der Waals surface area contributed by atoms with Gasteiger partial charge in [0, 0.05) is 24.9 Å². The van der Waals surface area contributed by atoms with Crippen LogP contribution in [0.3, 0.4) is 0 Å². The second kappa shape index (κ2) is 3.01. The van der Waals surface area contributed by atoms with E-state index in [2.05, 4.69) is 24.3 Å². The third-order valence-corrected chi connectivity index (χ3v) is 1.99. The summed E-state index contributed by atoms with van der Waals surface area (Å²) in [5.41, 5.74) is 0.922. The number of nitrogens with zero attached hydrogens (tertiary/aromatic N) is 1. The second-order valence-electron chi connectivity index (χ2n) is 3.01. The Morgan fingerprint density at radius 1 is 1.60 bits per heavy atom. The van der Waals surface area contributed by atoms with E-state index < -0.39 is 0 Å². The number of oxime groups is 1. The van der Waals surface area contributed by atoms with Crippen LogP contribution in [0.15, 0.2) is 5.16 Å². The lowest BCUT2D eigenvalue weighted by Crippen LogP contribution is -2.41. The smallest absolute Gasteiger partial charge is 0.0626 e. The van der Waals surface area contributed by atoms with Gasteiger partial charge in [-0.15, -0.1) is 0 Å². The maximum atomic E-state index is 8.54. The van der Waals surface area contributed by atoms with Crippen LogP contribution in [0.1, 0.15) is 20.3 Å². The van der Waals surface area contributed by atoms with Crippen molar-refractivity contribution in [2.45, 2.75) is 26.3 Å². The van der Waals surface area contributed by atoms with Crippen molar-refractivity contribution in [3.63, 3.8) is 0 Å². The number of hydrogen-bond donors (Lipinski definition) is 2. The van der Waals surface area contributed by atoms with Crippen LogP contribution >= 0.6 is 0 Å². The highest BCUT2D eigenvalue weighted by atomic mass is 16.4. The van der Waals surface area contributed by atoms with E-state index in [0.717, 1.165) is 18.7 Å². The lowest BCUT2D eigenvalue weighted by atomic mass is 9.95. The first-order valence-electron chi connectivity index (χ1n) is 3.68. The van der Waals surface area contributed by atoms with Gasteiger partial charge in [-0.05, 0) is 6.92 Å². The maximum Gasteiger partial charge on any atom is 0.0626 e. The summed E-state index contributed by atoms with van der Waals surface area (Å²) in [6.45, 7) is 5.09. The Morgan fingerprint density at radius 3 is 2.80 bits per heavy atom. The third-order valence-electron chi connectivity index (χ3n) is 1.99. The Hall–Kier alpha value is -0.570. The lowest BCUT2D eigenvalue weighted by Gasteiger charge is -2.25. The van der Waals surface area contributed by atoms with E-state index in [4.69, 9.17) is 5.21 Å². The van der Waals surface area contributed by atoms with E-state index >= 15 is 0 Å². The highest BCUT2D eigenvalue weighted by Gasteiger charge is 2.20. The summed E-state index contributed by atoms with van der Waals surface area (Å²) in [4.78, 5) is 0. The van der Waals surface area contributed by atoms with Crippen molar-refractivity contribution < 1.29 is 5.21 Å². The van der Waals surface area contributed by atoms with Crippen LogP contribution in [-0.4, -0.2) is 23.5 Å². The van der Waals surface area contributed by atoms with E-state index in [1.54, 1.807) is 0 Å². The van der Waals surface area contributed by atoms with Gasteiger partial charge >= 0.3 is 0 Å². The Balaban J connectivity index is 2.54. The van der Waals surface area contributed by atoms with Crippen LogP contribution in [0.5, 0.6) is 0 Å². The fourth-order valence-electron chi connectivity index (χ4n) is 1.22. The number of nitrogens with one attached hydrogen (secondary N) is 1. The zero-order chi connectivity index (χ0) is 7.56. The Kier molecular flexibility index (Phi) is 2.27. The van der Waals surface area contributed by atoms with E-state index in [1.807, 2.05) is 0 Å². The van der Waals surface area contributed by atoms with Gasteiger partial charge in [-0.3, -0.25) is 0 Å². The van der Waals surface area contributed by atoms with Crippen LogP contribution in [-0.2, 0) is 0 Å². The molecule has 0 aromatic heterocycles. The Bertz CT molecular complexity index is 145. The molecular formula is C7H14N2O. The van der Waals surface area contributed by atoms with Crippen molar-refractivity contribution >= 4 is 5.71 Å². The van der Waals surface area contributed by atoms with Crippen LogP contribution in [0, 0.1) is 5.92 Å². The predicted molar refractivity (Wildman–Crippen MR) is 40.5 cm³/mol. The normalized spacial score (nSPS) is 38.4. The molecule has 0 spiro atoms. The molecule has 1 rings (SSSR count). The minimum Gasteiger partial charge on any atom is -0.411 e. The first-order chi connectivity index (χ1) is 4.74. The minimum absolute atomic E-state index is 0.390. The first kappa shape index (κ1) is 7.54. The summed E-state index contributed by atoms with van der Waals surface area (Å²) in [6.07, 6.45) is 0.873. The summed E-state index contributed by atoms with van der Waals surface area (Å²) in [5.74, 6) is 0.390. The molecule has 0 saturated carbocycles. The lowest BCUT2D eigenvalue weighted by molar-refractivity contribution is 0.308. The monoisotopic (exact) mass is 142 g/mol. The molecule has 0 amide bonds. The predicted octanol–water partition coefficient (Wildman–Crippen LogP) is 0.834. The molecule has 2 N–H and O–H groups in total. The first-order valence-corrected chi connectivity index (χ1v) is 3.68. The van der Waals surface area contributed by atoms with Gasteiger partial charge in [0.05, 0.1) is 5.71 Å². The van der Waals surface area contributed by atoms with Crippen molar-refractivity contribution in [3.8, 4) is 0 Å². The van der Waals surface area contributed by atoms with E-state index in [1.165, 1.54) is 0 Å². The number of piperidine rings is 1. The quantitative estimate of drug-likeness (QED) is 0.389. The van der Waals surface area contributed by atoms with Crippen molar-refractivity contribution in [3.05, 3.63) is 0 Å². The fourth-order valence-corrected chi connectivity index (χ4v) is 1.22. The molecule has 0 aromatic rings. The van der Waals surface area contributed by atoms with Crippen molar-refractivity contribution in [1.82, 2.24) is 5.32 Å². The van der Waals surface area contributed by atoms with E-state index in [9.17, 15) is 0 Å². The second-order valence-corrected chi connectivity index (χ2v) is 3.01. The molecule has 2 atom stereocenters. The number of rotatable bonds is 0.